The van der Waals surface area contributed by atoms with Crippen LogP contribution in [0, 0.1) is 13.8 Å². The molecule has 0 aliphatic heterocycles. The van der Waals surface area contributed by atoms with Crippen LogP contribution in [0.15, 0.2) is 36.4 Å². The van der Waals surface area contributed by atoms with Gasteiger partial charge < -0.3 is 4.74 Å². The van der Waals surface area contributed by atoms with Gasteiger partial charge in [-0.3, -0.25) is 10.1 Å². The second-order valence-electron chi connectivity index (χ2n) is 5.65. The van der Waals surface area contributed by atoms with Gasteiger partial charge in [-0.05, 0) is 50.6 Å². The van der Waals surface area contributed by atoms with E-state index in [9.17, 15) is 4.79 Å². The molecule has 24 heavy (non-hydrogen) atoms. The van der Waals surface area contributed by atoms with Gasteiger partial charge in [0.25, 0.3) is 5.91 Å². The van der Waals surface area contributed by atoms with Gasteiger partial charge in [-0.2, -0.15) is 0 Å². The zero-order valence-electron chi connectivity index (χ0n) is 13.6. The molecule has 2 aromatic carbocycles. The van der Waals surface area contributed by atoms with Crippen LogP contribution in [0.4, 0.5) is 5.13 Å². The Kier molecular flexibility index (Phi) is 4.73. The summed E-state index contributed by atoms with van der Waals surface area (Å²) in [5.41, 5.74) is 2.97. The number of benzene rings is 2. The maximum atomic E-state index is 12.3. The third-order valence-corrected chi connectivity index (χ3v) is 4.75. The predicted octanol–water partition coefficient (Wildman–Crippen LogP) is 4.97. The molecule has 1 aromatic heterocycles. The molecule has 0 spiro atoms. The van der Waals surface area contributed by atoms with E-state index in [0.29, 0.717) is 15.9 Å². The number of ether oxygens (including phenoxy) is 1. The number of thiazole rings is 1. The molecule has 1 N–H and O–H groups in total. The maximum Gasteiger partial charge on any atom is 0.266 e. The van der Waals surface area contributed by atoms with E-state index in [-0.39, 0.29) is 5.91 Å². The summed E-state index contributed by atoms with van der Waals surface area (Å²) < 4.78 is 6.70. The number of halogens is 1. The van der Waals surface area contributed by atoms with Gasteiger partial charge >= 0.3 is 0 Å². The average molecular weight is 361 g/mol. The second-order valence-corrected chi connectivity index (χ2v) is 7.12. The van der Waals surface area contributed by atoms with Crippen LogP contribution in [0.2, 0.25) is 5.02 Å². The van der Waals surface area contributed by atoms with Crippen molar-refractivity contribution in [3.05, 3.63) is 52.5 Å². The number of nitrogens with zero attached hydrogens (tertiary/aromatic N) is 1. The van der Waals surface area contributed by atoms with E-state index in [1.165, 1.54) is 11.3 Å². The highest BCUT2D eigenvalue weighted by Gasteiger charge is 2.17. The molecule has 0 aliphatic rings. The quantitative estimate of drug-likeness (QED) is 0.714. The van der Waals surface area contributed by atoms with Crippen molar-refractivity contribution >= 4 is 44.2 Å². The summed E-state index contributed by atoms with van der Waals surface area (Å²) >= 11 is 7.36. The Bertz CT molecular complexity index is 907. The maximum absolute atomic E-state index is 12.3. The second kappa shape index (κ2) is 6.79. The average Bonchev–Trinajstić information content (AvgIpc) is 2.91. The van der Waals surface area contributed by atoms with Crippen LogP contribution in [-0.2, 0) is 4.79 Å². The summed E-state index contributed by atoms with van der Waals surface area (Å²) in [7, 11) is 0. The van der Waals surface area contributed by atoms with E-state index in [1.807, 2.05) is 44.2 Å². The summed E-state index contributed by atoms with van der Waals surface area (Å²) in [6.07, 6.45) is -0.623. The number of carbonyl (C=O) groups excluding carboxylic acids is 1. The first kappa shape index (κ1) is 16.7. The molecule has 0 aliphatic carbocycles. The van der Waals surface area contributed by atoms with Crippen molar-refractivity contribution < 1.29 is 9.53 Å². The molecule has 0 bridgehead atoms. The Morgan fingerprint density at radius 2 is 2.04 bits per heavy atom. The number of aryl methyl sites for hydroxylation is 2. The summed E-state index contributed by atoms with van der Waals surface area (Å²) in [5.74, 6) is 0.472. The molecule has 0 fully saturated rings. The highest BCUT2D eigenvalue weighted by Crippen LogP contribution is 2.28. The van der Waals surface area contributed by atoms with Gasteiger partial charge in [0.05, 0.1) is 10.2 Å². The zero-order chi connectivity index (χ0) is 17.3. The molecule has 3 rings (SSSR count). The van der Waals surface area contributed by atoms with E-state index in [2.05, 4.69) is 10.3 Å². The SMILES string of the molecule is Cc1ccc(O[C@H](C)C(=O)Nc2nc3ccc(Cl)cc3s2)c(C)c1. The van der Waals surface area contributed by atoms with Gasteiger partial charge in [0.15, 0.2) is 11.2 Å². The molecule has 1 heterocycles. The van der Waals surface area contributed by atoms with Crippen molar-refractivity contribution in [2.45, 2.75) is 26.9 Å². The minimum absolute atomic E-state index is 0.236. The van der Waals surface area contributed by atoms with Crippen molar-refractivity contribution in [3.8, 4) is 5.75 Å². The summed E-state index contributed by atoms with van der Waals surface area (Å²) in [4.78, 5) is 16.7. The molecule has 1 amide bonds. The normalized spacial score (nSPS) is 12.2. The number of aromatic nitrogens is 1. The Morgan fingerprint density at radius 1 is 1.25 bits per heavy atom. The molecule has 0 radical (unpaired) electrons. The van der Waals surface area contributed by atoms with Crippen molar-refractivity contribution in [1.82, 2.24) is 4.98 Å². The zero-order valence-corrected chi connectivity index (χ0v) is 15.2. The van der Waals surface area contributed by atoms with E-state index in [0.717, 1.165) is 21.3 Å². The largest absolute Gasteiger partial charge is 0.481 e. The molecular formula is C18H17ClN2O2S. The number of carbonyl (C=O) groups is 1. The fraction of sp³-hybridized carbons (Fsp3) is 0.222. The molecule has 0 saturated carbocycles. The number of rotatable bonds is 4. The Balaban J connectivity index is 1.70. The summed E-state index contributed by atoms with van der Waals surface area (Å²) in [5, 5.41) is 3.99. The minimum Gasteiger partial charge on any atom is -0.481 e. The third kappa shape index (κ3) is 3.68. The van der Waals surface area contributed by atoms with Crippen LogP contribution in [-0.4, -0.2) is 17.0 Å². The van der Waals surface area contributed by atoms with Crippen molar-refractivity contribution in [2.75, 3.05) is 5.32 Å². The van der Waals surface area contributed by atoms with Crippen LogP contribution in [0.3, 0.4) is 0 Å². The van der Waals surface area contributed by atoms with Gasteiger partial charge in [0.1, 0.15) is 5.75 Å². The first-order valence-electron chi connectivity index (χ1n) is 7.53. The van der Waals surface area contributed by atoms with E-state index >= 15 is 0 Å². The monoisotopic (exact) mass is 360 g/mol. The number of amides is 1. The standard InChI is InChI=1S/C18H17ClN2O2S/c1-10-4-7-15(11(2)8-10)23-12(3)17(22)21-18-20-14-6-5-13(19)9-16(14)24-18/h4-9,12H,1-3H3,(H,20,21,22)/t12-/m1/s1. The van der Waals surface area contributed by atoms with Crippen molar-refractivity contribution in [1.29, 1.82) is 0 Å². The number of anilines is 1. The third-order valence-electron chi connectivity index (χ3n) is 3.58. The summed E-state index contributed by atoms with van der Waals surface area (Å²) in [6.45, 7) is 5.70. The number of nitrogens with one attached hydrogen (secondary N) is 1. The molecular weight excluding hydrogens is 344 g/mol. The van der Waals surface area contributed by atoms with Gasteiger partial charge in [-0.1, -0.05) is 40.6 Å². The van der Waals surface area contributed by atoms with Gasteiger partial charge in [0, 0.05) is 5.02 Å². The first-order valence-corrected chi connectivity index (χ1v) is 8.72. The summed E-state index contributed by atoms with van der Waals surface area (Å²) in [6, 6.07) is 11.3. The fourth-order valence-corrected chi connectivity index (χ4v) is 3.48. The number of hydrogen-bond donors (Lipinski definition) is 1. The number of hydrogen-bond acceptors (Lipinski definition) is 4. The van der Waals surface area contributed by atoms with E-state index < -0.39 is 6.10 Å². The molecule has 3 aromatic rings. The van der Waals surface area contributed by atoms with Crippen LogP contribution in [0.5, 0.6) is 5.75 Å². The van der Waals surface area contributed by atoms with Gasteiger partial charge in [-0.15, -0.1) is 0 Å². The molecule has 6 heteroatoms. The van der Waals surface area contributed by atoms with Crippen molar-refractivity contribution in [2.24, 2.45) is 0 Å². The van der Waals surface area contributed by atoms with Gasteiger partial charge in [0.2, 0.25) is 0 Å². The molecule has 0 saturated heterocycles. The molecule has 124 valence electrons. The molecule has 1 atom stereocenters. The lowest BCUT2D eigenvalue weighted by molar-refractivity contribution is -0.122. The van der Waals surface area contributed by atoms with Crippen molar-refractivity contribution in [3.63, 3.8) is 0 Å². The smallest absolute Gasteiger partial charge is 0.266 e. The highest BCUT2D eigenvalue weighted by atomic mass is 35.5. The lowest BCUT2D eigenvalue weighted by atomic mass is 10.1. The van der Waals surface area contributed by atoms with E-state index in [4.69, 9.17) is 16.3 Å². The van der Waals surface area contributed by atoms with Crippen LogP contribution >= 0.6 is 22.9 Å². The highest BCUT2D eigenvalue weighted by molar-refractivity contribution is 7.22. The van der Waals surface area contributed by atoms with Crippen LogP contribution in [0.1, 0.15) is 18.1 Å². The predicted molar refractivity (Wildman–Crippen MR) is 99.3 cm³/mol. The van der Waals surface area contributed by atoms with Crippen LogP contribution < -0.4 is 10.1 Å². The fourth-order valence-electron chi connectivity index (χ4n) is 2.33. The van der Waals surface area contributed by atoms with Gasteiger partial charge in [-0.25, -0.2) is 4.98 Å². The molecule has 4 nitrogen and oxygen atoms in total. The molecule has 0 unspecified atom stereocenters. The van der Waals surface area contributed by atoms with Crippen LogP contribution in [0.25, 0.3) is 10.2 Å². The number of fused-ring (bicyclic) bond motifs is 1. The first-order chi connectivity index (χ1) is 11.4. The lowest BCUT2D eigenvalue weighted by Crippen LogP contribution is -2.30. The Hall–Kier alpha value is -2.11. The minimum atomic E-state index is -0.623. The topological polar surface area (TPSA) is 51.2 Å². The Labute approximate surface area is 149 Å². The van der Waals surface area contributed by atoms with E-state index in [1.54, 1.807) is 13.0 Å². The lowest BCUT2D eigenvalue weighted by Gasteiger charge is -2.15. The Morgan fingerprint density at radius 3 is 2.79 bits per heavy atom.